The summed E-state index contributed by atoms with van der Waals surface area (Å²) in [6.45, 7) is 4.10. The normalized spacial score (nSPS) is 13.4. The Morgan fingerprint density at radius 3 is 2.65 bits per heavy atom. The first-order valence-electron chi connectivity index (χ1n) is 9.24. The standard InChI is InChI=1S/C20H29N3O3/c1-4-6-10-18(20(25)26-3)23-19(24)15(21)12-14-13-9-7-8-11-17(13)22-16(14)5-2/h7-9,11,15,18,22H,4-6,10,12,21H2,1-3H3,(H,23,24)/t15-,18-/m1/s1. The molecular formula is C20H29N3O3. The van der Waals surface area contributed by atoms with Gasteiger partial charge in [0.2, 0.25) is 5.91 Å². The van der Waals surface area contributed by atoms with Crippen molar-refractivity contribution in [2.75, 3.05) is 7.11 Å². The van der Waals surface area contributed by atoms with Crippen LogP contribution in [0.3, 0.4) is 0 Å². The van der Waals surface area contributed by atoms with Crippen LogP contribution in [-0.2, 0) is 27.2 Å². The Kier molecular flexibility index (Phi) is 7.21. The number of hydrogen-bond acceptors (Lipinski definition) is 4. The van der Waals surface area contributed by atoms with E-state index in [9.17, 15) is 9.59 Å². The molecule has 2 aromatic rings. The second-order valence-electron chi connectivity index (χ2n) is 6.52. The number of para-hydroxylation sites is 1. The summed E-state index contributed by atoms with van der Waals surface area (Å²) in [7, 11) is 1.33. The molecule has 0 unspecified atom stereocenters. The number of carbonyl (C=O) groups excluding carboxylic acids is 2. The zero-order chi connectivity index (χ0) is 19.1. The molecule has 0 bridgehead atoms. The molecule has 0 aliphatic heterocycles. The lowest BCUT2D eigenvalue weighted by Crippen LogP contribution is -2.49. The summed E-state index contributed by atoms with van der Waals surface area (Å²) in [5, 5.41) is 3.84. The highest BCUT2D eigenvalue weighted by Gasteiger charge is 2.25. The number of fused-ring (bicyclic) bond motifs is 1. The molecule has 0 aliphatic rings. The van der Waals surface area contributed by atoms with E-state index >= 15 is 0 Å². The molecule has 1 amide bonds. The molecule has 6 heteroatoms. The smallest absolute Gasteiger partial charge is 0.328 e. The van der Waals surface area contributed by atoms with E-state index in [1.807, 2.05) is 31.2 Å². The van der Waals surface area contributed by atoms with Gasteiger partial charge < -0.3 is 20.8 Å². The van der Waals surface area contributed by atoms with Crippen molar-refractivity contribution in [2.24, 2.45) is 5.73 Å². The van der Waals surface area contributed by atoms with Crippen molar-refractivity contribution < 1.29 is 14.3 Å². The molecule has 0 radical (unpaired) electrons. The topological polar surface area (TPSA) is 97.2 Å². The summed E-state index contributed by atoms with van der Waals surface area (Å²) in [6.07, 6.45) is 3.57. The van der Waals surface area contributed by atoms with Gasteiger partial charge in [0, 0.05) is 16.6 Å². The molecule has 0 fully saturated rings. The minimum Gasteiger partial charge on any atom is -0.467 e. The fourth-order valence-corrected chi connectivity index (χ4v) is 3.18. The second-order valence-corrected chi connectivity index (χ2v) is 6.52. The number of benzene rings is 1. The highest BCUT2D eigenvalue weighted by molar-refractivity contribution is 5.89. The van der Waals surface area contributed by atoms with Gasteiger partial charge in [0.15, 0.2) is 0 Å². The number of aromatic amines is 1. The van der Waals surface area contributed by atoms with Crippen molar-refractivity contribution >= 4 is 22.8 Å². The van der Waals surface area contributed by atoms with Crippen LogP contribution in [0.1, 0.15) is 44.4 Å². The maximum Gasteiger partial charge on any atom is 0.328 e. The molecule has 26 heavy (non-hydrogen) atoms. The van der Waals surface area contributed by atoms with Crippen LogP contribution in [0.15, 0.2) is 24.3 Å². The number of hydrogen-bond donors (Lipinski definition) is 3. The summed E-state index contributed by atoms with van der Waals surface area (Å²) in [6, 6.07) is 6.62. The third-order valence-electron chi connectivity index (χ3n) is 4.66. The molecule has 142 valence electrons. The number of aromatic nitrogens is 1. The van der Waals surface area contributed by atoms with E-state index in [0.717, 1.165) is 41.4 Å². The number of amides is 1. The minimum atomic E-state index is -0.728. The molecule has 0 saturated heterocycles. The molecule has 6 nitrogen and oxygen atoms in total. The van der Waals surface area contributed by atoms with E-state index in [4.69, 9.17) is 10.5 Å². The molecule has 1 aromatic heterocycles. The van der Waals surface area contributed by atoms with Crippen LogP contribution in [0.4, 0.5) is 0 Å². The first kappa shape index (κ1) is 20.0. The van der Waals surface area contributed by atoms with E-state index < -0.39 is 18.1 Å². The predicted octanol–water partition coefficient (Wildman–Crippen LogP) is 2.45. The Hall–Kier alpha value is -2.34. The zero-order valence-corrected chi connectivity index (χ0v) is 15.8. The molecule has 2 atom stereocenters. The van der Waals surface area contributed by atoms with Crippen molar-refractivity contribution in [3.8, 4) is 0 Å². The van der Waals surface area contributed by atoms with Gasteiger partial charge in [0.25, 0.3) is 0 Å². The largest absolute Gasteiger partial charge is 0.467 e. The lowest BCUT2D eigenvalue weighted by atomic mass is 10.0. The average molecular weight is 359 g/mol. The van der Waals surface area contributed by atoms with Gasteiger partial charge in [-0.1, -0.05) is 44.9 Å². The third kappa shape index (κ3) is 4.64. The Morgan fingerprint density at radius 1 is 1.27 bits per heavy atom. The van der Waals surface area contributed by atoms with Gasteiger partial charge in [-0.15, -0.1) is 0 Å². The van der Waals surface area contributed by atoms with Gasteiger partial charge in [0.05, 0.1) is 13.2 Å². The summed E-state index contributed by atoms with van der Waals surface area (Å²) >= 11 is 0. The van der Waals surface area contributed by atoms with Crippen molar-refractivity contribution in [3.63, 3.8) is 0 Å². The zero-order valence-electron chi connectivity index (χ0n) is 15.8. The van der Waals surface area contributed by atoms with E-state index in [1.165, 1.54) is 7.11 Å². The molecule has 0 spiro atoms. The van der Waals surface area contributed by atoms with Crippen molar-refractivity contribution in [1.29, 1.82) is 0 Å². The van der Waals surface area contributed by atoms with E-state index in [0.29, 0.717) is 12.8 Å². The maximum absolute atomic E-state index is 12.5. The highest BCUT2D eigenvalue weighted by atomic mass is 16.5. The van der Waals surface area contributed by atoms with Crippen LogP contribution in [0.2, 0.25) is 0 Å². The van der Waals surface area contributed by atoms with E-state index in [-0.39, 0.29) is 5.91 Å². The molecule has 4 N–H and O–H groups in total. The minimum absolute atomic E-state index is 0.330. The summed E-state index contributed by atoms with van der Waals surface area (Å²) < 4.78 is 4.79. The van der Waals surface area contributed by atoms with Crippen LogP contribution in [0, 0.1) is 0 Å². The number of H-pyrrole nitrogens is 1. The number of unbranched alkanes of at least 4 members (excludes halogenated alkanes) is 1. The number of nitrogens with one attached hydrogen (secondary N) is 2. The van der Waals surface area contributed by atoms with E-state index in [2.05, 4.69) is 17.2 Å². The number of nitrogens with two attached hydrogens (primary N) is 1. The van der Waals surface area contributed by atoms with Crippen molar-refractivity contribution in [3.05, 3.63) is 35.5 Å². The highest BCUT2D eigenvalue weighted by Crippen LogP contribution is 2.24. The quantitative estimate of drug-likeness (QED) is 0.599. The van der Waals surface area contributed by atoms with Crippen LogP contribution in [0.25, 0.3) is 10.9 Å². The van der Waals surface area contributed by atoms with E-state index in [1.54, 1.807) is 0 Å². The number of ether oxygens (including phenoxy) is 1. The molecular weight excluding hydrogens is 330 g/mol. The molecule has 0 saturated carbocycles. The monoisotopic (exact) mass is 359 g/mol. The van der Waals surface area contributed by atoms with Gasteiger partial charge in [-0.05, 0) is 30.9 Å². The predicted molar refractivity (Wildman–Crippen MR) is 103 cm³/mol. The first-order valence-corrected chi connectivity index (χ1v) is 9.24. The SMILES string of the molecule is CCCC[C@@H](NC(=O)[C@H](N)Cc1c(CC)[nH]c2ccccc12)C(=O)OC. The first-order chi connectivity index (χ1) is 12.5. The molecule has 1 heterocycles. The molecule has 1 aromatic carbocycles. The number of methoxy groups -OCH3 is 1. The van der Waals surface area contributed by atoms with Crippen molar-refractivity contribution in [2.45, 2.75) is 58.0 Å². The lowest BCUT2D eigenvalue weighted by Gasteiger charge is -2.19. The Balaban J connectivity index is 2.12. The van der Waals surface area contributed by atoms with Gasteiger partial charge in [-0.2, -0.15) is 0 Å². The van der Waals surface area contributed by atoms with Crippen LogP contribution in [0.5, 0.6) is 0 Å². The molecule has 0 aliphatic carbocycles. The fraction of sp³-hybridized carbons (Fsp3) is 0.500. The maximum atomic E-state index is 12.5. The Labute approximate surface area is 154 Å². The summed E-state index contributed by atoms with van der Waals surface area (Å²) in [5.74, 6) is -0.760. The van der Waals surface area contributed by atoms with Crippen molar-refractivity contribution in [1.82, 2.24) is 10.3 Å². The van der Waals surface area contributed by atoms with Crippen LogP contribution >= 0.6 is 0 Å². The summed E-state index contributed by atoms with van der Waals surface area (Å²) in [5.41, 5.74) is 9.36. The van der Waals surface area contributed by atoms with Crippen LogP contribution in [-0.4, -0.2) is 36.1 Å². The Bertz CT molecular complexity index is 754. The van der Waals surface area contributed by atoms with Gasteiger partial charge in [0.1, 0.15) is 6.04 Å². The average Bonchev–Trinajstić information content (AvgIpc) is 3.01. The Morgan fingerprint density at radius 2 is 2.00 bits per heavy atom. The van der Waals surface area contributed by atoms with Crippen LogP contribution < -0.4 is 11.1 Å². The van der Waals surface area contributed by atoms with Gasteiger partial charge in [-0.25, -0.2) is 4.79 Å². The number of esters is 1. The third-order valence-corrected chi connectivity index (χ3v) is 4.66. The number of aryl methyl sites for hydroxylation is 1. The number of rotatable bonds is 9. The summed E-state index contributed by atoms with van der Waals surface area (Å²) in [4.78, 5) is 27.8. The van der Waals surface area contributed by atoms with Gasteiger partial charge in [-0.3, -0.25) is 4.79 Å². The lowest BCUT2D eigenvalue weighted by molar-refractivity contribution is -0.145. The van der Waals surface area contributed by atoms with Gasteiger partial charge >= 0.3 is 5.97 Å². The second kappa shape index (κ2) is 9.38. The fourth-order valence-electron chi connectivity index (χ4n) is 3.18. The molecule has 2 rings (SSSR count). The number of carbonyl (C=O) groups is 2.